The largest absolute Gasteiger partial charge is 0.508 e. The van der Waals surface area contributed by atoms with Crippen LogP contribution < -0.4 is 4.72 Å². The molecule has 1 fully saturated rings. The molecule has 0 aliphatic carbocycles. The van der Waals surface area contributed by atoms with Gasteiger partial charge in [0.05, 0.1) is 29.8 Å². The SMILES string of the molecule is CN(C[C@H]1C[C@@H](c2ccc(CO)cc2)O[C@@H](c2ccc(-c3cccc(CNS(=O)(=O)c4ccccc4)c3)cc2)O1)C[C@@H](O)c1cccc(O)c1. The van der Waals surface area contributed by atoms with Crippen LogP contribution in [0.3, 0.4) is 0 Å². The molecule has 0 unspecified atom stereocenters. The van der Waals surface area contributed by atoms with Crippen LogP contribution in [0.1, 0.15) is 52.7 Å². The Morgan fingerprint density at radius 1 is 0.800 bits per heavy atom. The highest BCUT2D eigenvalue weighted by Crippen LogP contribution is 2.39. The van der Waals surface area contributed by atoms with Crippen LogP contribution in [0, 0.1) is 0 Å². The fourth-order valence-electron chi connectivity index (χ4n) is 6.14. The van der Waals surface area contributed by atoms with Crippen LogP contribution >= 0.6 is 0 Å². The third-order valence-corrected chi connectivity index (χ3v) is 10.2. The topological polar surface area (TPSA) is 129 Å². The standard InChI is InChI=1S/C40H42N2O7S/c1-42(26-38(45)34-9-6-10-35(44)22-34)25-36-23-39(31-15-13-28(27-43)14-16-31)49-40(48-36)32-19-17-30(18-20-32)33-8-5-7-29(21-33)24-41-50(46,47)37-11-3-2-4-12-37/h2-22,36,38-41,43-45H,23-27H2,1H3/t36-,38-,39+,40+/m1/s1. The van der Waals surface area contributed by atoms with Gasteiger partial charge in [0.15, 0.2) is 6.29 Å². The van der Waals surface area contributed by atoms with Crippen LogP contribution in [0.4, 0.5) is 0 Å². The maximum atomic E-state index is 12.7. The molecule has 5 aromatic rings. The molecule has 0 saturated carbocycles. The molecular weight excluding hydrogens is 653 g/mol. The number of phenols is 1. The van der Waals surface area contributed by atoms with E-state index in [1.807, 2.05) is 84.7 Å². The summed E-state index contributed by atoms with van der Waals surface area (Å²) in [4.78, 5) is 2.24. The Kier molecular flexibility index (Phi) is 11.4. The molecule has 0 bridgehead atoms. The smallest absolute Gasteiger partial charge is 0.240 e. The molecule has 10 heteroatoms. The number of aliphatic hydroxyl groups is 2. The first-order chi connectivity index (χ1) is 24.2. The highest BCUT2D eigenvalue weighted by molar-refractivity contribution is 7.89. The predicted molar refractivity (Wildman–Crippen MR) is 191 cm³/mol. The molecule has 5 aromatic carbocycles. The summed E-state index contributed by atoms with van der Waals surface area (Å²) >= 11 is 0. The quantitative estimate of drug-likeness (QED) is 0.114. The predicted octanol–water partition coefficient (Wildman–Crippen LogP) is 6.24. The van der Waals surface area contributed by atoms with E-state index in [2.05, 4.69) is 4.72 Å². The molecule has 1 aliphatic rings. The summed E-state index contributed by atoms with van der Waals surface area (Å²) in [6.45, 7) is 1.02. The second-order valence-corrected chi connectivity index (χ2v) is 14.4. The van der Waals surface area contributed by atoms with Crippen molar-refractivity contribution in [3.63, 3.8) is 0 Å². The van der Waals surface area contributed by atoms with Crippen molar-refractivity contribution in [1.29, 1.82) is 0 Å². The van der Waals surface area contributed by atoms with Gasteiger partial charge in [0, 0.05) is 31.6 Å². The molecule has 0 spiro atoms. The van der Waals surface area contributed by atoms with Crippen molar-refractivity contribution in [2.75, 3.05) is 20.1 Å². The van der Waals surface area contributed by atoms with E-state index in [-0.39, 0.29) is 36.0 Å². The monoisotopic (exact) mass is 694 g/mol. The Balaban J connectivity index is 1.16. The van der Waals surface area contributed by atoms with E-state index >= 15 is 0 Å². The minimum atomic E-state index is -3.63. The minimum Gasteiger partial charge on any atom is -0.508 e. The van der Waals surface area contributed by atoms with Gasteiger partial charge in [-0.1, -0.05) is 97.1 Å². The van der Waals surface area contributed by atoms with Crippen LogP contribution in [0.25, 0.3) is 11.1 Å². The second-order valence-electron chi connectivity index (χ2n) is 12.6. The highest BCUT2D eigenvalue weighted by atomic mass is 32.2. The molecule has 1 aliphatic heterocycles. The van der Waals surface area contributed by atoms with Crippen LogP contribution in [-0.4, -0.2) is 54.9 Å². The van der Waals surface area contributed by atoms with Crippen molar-refractivity contribution < 1.29 is 33.2 Å². The van der Waals surface area contributed by atoms with Crippen molar-refractivity contribution in [2.24, 2.45) is 0 Å². The molecule has 1 heterocycles. The second kappa shape index (κ2) is 16.1. The van der Waals surface area contributed by atoms with E-state index in [0.29, 0.717) is 25.1 Å². The van der Waals surface area contributed by atoms with E-state index in [4.69, 9.17) is 9.47 Å². The molecule has 1 saturated heterocycles. The first kappa shape index (κ1) is 35.4. The summed E-state index contributed by atoms with van der Waals surface area (Å²) in [7, 11) is -1.70. The van der Waals surface area contributed by atoms with Crippen molar-refractivity contribution >= 4 is 10.0 Å². The molecule has 9 nitrogen and oxygen atoms in total. The summed E-state index contributed by atoms with van der Waals surface area (Å²) in [6, 6.07) is 38.4. The van der Waals surface area contributed by atoms with Gasteiger partial charge in [-0.25, -0.2) is 13.1 Å². The summed E-state index contributed by atoms with van der Waals surface area (Å²) < 4.78 is 41.2. The van der Waals surface area contributed by atoms with Crippen LogP contribution in [0.2, 0.25) is 0 Å². The molecule has 4 N–H and O–H groups in total. The number of ether oxygens (including phenoxy) is 2. The molecular formula is C40H42N2O7S. The molecule has 4 atom stereocenters. The zero-order chi connectivity index (χ0) is 35.1. The van der Waals surface area contributed by atoms with Crippen LogP contribution in [0.5, 0.6) is 5.75 Å². The van der Waals surface area contributed by atoms with Gasteiger partial charge in [0.2, 0.25) is 10.0 Å². The maximum Gasteiger partial charge on any atom is 0.240 e. The number of aliphatic hydroxyl groups excluding tert-OH is 2. The van der Waals surface area contributed by atoms with Gasteiger partial charge in [0.25, 0.3) is 0 Å². The third-order valence-electron chi connectivity index (χ3n) is 8.83. The summed E-state index contributed by atoms with van der Waals surface area (Å²) in [5.41, 5.74) is 6.05. The van der Waals surface area contributed by atoms with E-state index in [1.54, 1.807) is 54.6 Å². The van der Waals surface area contributed by atoms with E-state index in [0.717, 1.165) is 33.4 Å². The zero-order valence-electron chi connectivity index (χ0n) is 27.8. The van der Waals surface area contributed by atoms with Gasteiger partial charge in [-0.15, -0.1) is 0 Å². The van der Waals surface area contributed by atoms with Gasteiger partial charge in [-0.2, -0.15) is 0 Å². The Labute approximate surface area is 293 Å². The lowest BCUT2D eigenvalue weighted by molar-refractivity contribution is -0.252. The minimum absolute atomic E-state index is 0.0367. The number of nitrogens with zero attached hydrogens (tertiary/aromatic N) is 1. The van der Waals surface area contributed by atoms with E-state index < -0.39 is 22.4 Å². The van der Waals surface area contributed by atoms with Crippen LogP contribution in [0.15, 0.2) is 132 Å². The lowest BCUT2D eigenvalue weighted by atomic mass is 9.99. The van der Waals surface area contributed by atoms with Gasteiger partial charge < -0.3 is 29.7 Å². The van der Waals surface area contributed by atoms with Crippen LogP contribution in [-0.2, 0) is 32.6 Å². The summed E-state index contributed by atoms with van der Waals surface area (Å²) in [5, 5.41) is 30.2. The summed E-state index contributed by atoms with van der Waals surface area (Å²) in [5.74, 6) is 0.111. The first-order valence-electron chi connectivity index (χ1n) is 16.6. The number of hydrogen-bond acceptors (Lipinski definition) is 8. The average molecular weight is 695 g/mol. The van der Waals surface area contributed by atoms with Gasteiger partial charge in [-0.05, 0) is 70.8 Å². The fraction of sp³-hybridized carbons (Fsp3) is 0.250. The highest BCUT2D eigenvalue weighted by Gasteiger charge is 2.33. The number of hydrogen-bond donors (Lipinski definition) is 4. The Bertz CT molecular complexity index is 1950. The molecule has 50 heavy (non-hydrogen) atoms. The number of nitrogens with one attached hydrogen (secondary N) is 1. The molecule has 260 valence electrons. The molecule has 6 rings (SSSR count). The van der Waals surface area contributed by atoms with Crippen molar-refractivity contribution in [2.45, 2.75) is 49.1 Å². The normalized spacial score (nSPS) is 18.6. The fourth-order valence-corrected chi connectivity index (χ4v) is 7.18. The van der Waals surface area contributed by atoms with Crippen molar-refractivity contribution in [3.8, 4) is 16.9 Å². The number of sulfonamides is 1. The lowest BCUT2D eigenvalue weighted by Crippen LogP contribution is -2.39. The van der Waals surface area contributed by atoms with Crippen molar-refractivity contribution in [1.82, 2.24) is 9.62 Å². The Morgan fingerprint density at radius 3 is 2.24 bits per heavy atom. The van der Waals surface area contributed by atoms with Gasteiger partial charge in [0.1, 0.15) is 5.75 Å². The van der Waals surface area contributed by atoms with Crippen molar-refractivity contribution in [3.05, 3.63) is 155 Å². The van der Waals surface area contributed by atoms with E-state index in [9.17, 15) is 23.7 Å². The number of phenolic OH excluding ortho intramolecular Hbond substituents is 1. The van der Waals surface area contributed by atoms with Gasteiger partial charge in [-0.3, -0.25) is 0 Å². The van der Waals surface area contributed by atoms with Gasteiger partial charge >= 0.3 is 0 Å². The molecule has 0 amide bonds. The Morgan fingerprint density at radius 2 is 1.52 bits per heavy atom. The molecule has 0 aromatic heterocycles. The number of benzene rings is 5. The maximum absolute atomic E-state index is 12.7. The first-order valence-corrected chi connectivity index (χ1v) is 18.1. The third kappa shape index (κ3) is 9.04. The Hall–Kier alpha value is -4.39. The zero-order valence-corrected chi connectivity index (χ0v) is 28.6. The molecule has 0 radical (unpaired) electrons. The summed E-state index contributed by atoms with van der Waals surface area (Å²) in [6.07, 6.45) is -1.30. The lowest BCUT2D eigenvalue weighted by Gasteiger charge is -2.38. The number of likely N-dealkylation sites (N-methyl/N-ethyl adjacent to an activating group) is 1. The average Bonchev–Trinajstić information content (AvgIpc) is 3.14. The van der Waals surface area contributed by atoms with E-state index in [1.165, 1.54) is 0 Å². The number of aromatic hydroxyl groups is 1. The number of rotatable bonds is 13.